The molecule has 8 heteroatoms. The topological polar surface area (TPSA) is 96.6 Å². The van der Waals surface area contributed by atoms with Gasteiger partial charge in [0.15, 0.2) is 0 Å². The molecule has 0 aliphatic carbocycles. The molecule has 25 heavy (non-hydrogen) atoms. The molecule has 130 valence electrons. The van der Waals surface area contributed by atoms with E-state index in [9.17, 15) is 14.9 Å². The molecule has 2 aromatic rings. The highest BCUT2D eigenvalue weighted by molar-refractivity contribution is 6.30. The van der Waals surface area contributed by atoms with Gasteiger partial charge in [-0.05, 0) is 49.7 Å². The lowest BCUT2D eigenvalue weighted by molar-refractivity contribution is -0.384. The van der Waals surface area contributed by atoms with Gasteiger partial charge in [-0.3, -0.25) is 14.9 Å². The van der Waals surface area contributed by atoms with Gasteiger partial charge in [0.1, 0.15) is 6.04 Å². The molecule has 0 spiro atoms. The second-order valence-corrected chi connectivity index (χ2v) is 5.79. The molecule has 0 unspecified atom stereocenters. The zero-order chi connectivity index (χ0) is 18.4. The molecular formula is C17H17ClN4O3. The molecule has 0 bridgehead atoms. The SMILES string of the molecule is CC(=NNC(=O)[C@H](C)Nc1cccc(Cl)c1)c1ccc([N+](=O)[O-])cc1. The standard InChI is InChI=1S/C17H17ClN4O3/c1-11(13-6-8-16(9-7-13)22(24)25)20-21-17(23)12(2)19-15-5-3-4-14(18)10-15/h3-10,12,19H,1-2H3,(H,21,23)/t12-/m0/s1. The Bertz CT molecular complexity index is 806. The maximum Gasteiger partial charge on any atom is 0.269 e. The van der Waals surface area contributed by atoms with Crippen molar-refractivity contribution in [2.45, 2.75) is 19.9 Å². The number of nitrogens with zero attached hydrogens (tertiary/aromatic N) is 2. The summed E-state index contributed by atoms with van der Waals surface area (Å²) in [5, 5.41) is 18.3. The first-order valence-corrected chi connectivity index (χ1v) is 7.85. The number of rotatable bonds is 6. The van der Waals surface area contributed by atoms with E-state index < -0.39 is 11.0 Å². The lowest BCUT2D eigenvalue weighted by Crippen LogP contribution is -2.35. The van der Waals surface area contributed by atoms with E-state index >= 15 is 0 Å². The van der Waals surface area contributed by atoms with E-state index in [1.54, 1.807) is 50.2 Å². The van der Waals surface area contributed by atoms with Crippen LogP contribution in [0, 0.1) is 10.1 Å². The molecule has 0 radical (unpaired) electrons. The van der Waals surface area contributed by atoms with Crippen molar-refractivity contribution < 1.29 is 9.72 Å². The largest absolute Gasteiger partial charge is 0.374 e. The molecule has 2 aromatic carbocycles. The van der Waals surface area contributed by atoms with Crippen molar-refractivity contribution in [2.24, 2.45) is 5.10 Å². The summed E-state index contributed by atoms with van der Waals surface area (Å²) in [5.74, 6) is -0.318. The van der Waals surface area contributed by atoms with Crippen molar-refractivity contribution in [3.63, 3.8) is 0 Å². The van der Waals surface area contributed by atoms with Gasteiger partial charge in [-0.15, -0.1) is 0 Å². The van der Waals surface area contributed by atoms with Crippen LogP contribution in [0.3, 0.4) is 0 Å². The smallest absolute Gasteiger partial charge is 0.269 e. The zero-order valence-electron chi connectivity index (χ0n) is 13.7. The average molecular weight is 361 g/mol. The van der Waals surface area contributed by atoms with Gasteiger partial charge in [0.2, 0.25) is 0 Å². The molecule has 0 saturated carbocycles. The maximum absolute atomic E-state index is 12.1. The van der Waals surface area contributed by atoms with Crippen LogP contribution in [0.4, 0.5) is 11.4 Å². The number of hydrazone groups is 1. The number of nitro groups is 1. The van der Waals surface area contributed by atoms with Crippen LogP contribution < -0.4 is 10.7 Å². The maximum atomic E-state index is 12.1. The quantitative estimate of drug-likeness (QED) is 0.467. The minimum absolute atomic E-state index is 0.0000651. The molecule has 0 aliphatic heterocycles. The normalized spacial score (nSPS) is 12.4. The molecular weight excluding hydrogens is 344 g/mol. The number of carbonyl (C=O) groups excluding carboxylic acids is 1. The fraction of sp³-hybridized carbons (Fsp3) is 0.176. The fourth-order valence-electron chi connectivity index (χ4n) is 2.02. The van der Waals surface area contributed by atoms with Crippen molar-refractivity contribution in [1.82, 2.24) is 5.43 Å². The molecule has 1 atom stereocenters. The van der Waals surface area contributed by atoms with Crippen LogP contribution >= 0.6 is 11.6 Å². The molecule has 0 heterocycles. The number of amides is 1. The molecule has 0 aromatic heterocycles. The minimum atomic E-state index is -0.521. The average Bonchev–Trinajstić information content (AvgIpc) is 2.59. The Morgan fingerprint density at radius 1 is 1.24 bits per heavy atom. The number of hydrogen-bond donors (Lipinski definition) is 2. The second kappa shape index (κ2) is 8.25. The number of hydrogen-bond acceptors (Lipinski definition) is 5. The Morgan fingerprint density at radius 3 is 2.52 bits per heavy atom. The summed E-state index contributed by atoms with van der Waals surface area (Å²) in [7, 11) is 0. The first kappa shape index (κ1) is 18.4. The summed E-state index contributed by atoms with van der Waals surface area (Å²) in [5.41, 5.74) is 4.42. The number of halogens is 1. The van der Waals surface area contributed by atoms with Crippen LogP contribution in [0.1, 0.15) is 19.4 Å². The highest BCUT2D eigenvalue weighted by Crippen LogP contribution is 2.16. The molecule has 1 amide bonds. The fourth-order valence-corrected chi connectivity index (χ4v) is 2.21. The van der Waals surface area contributed by atoms with Gasteiger partial charge in [-0.25, -0.2) is 5.43 Å². The van der Waals surface area contributed by atoms with Crippen molar-refractivity contribution in [3.05, 3.63) is 69.2 Å². The third kappa shape index (κ3) is 5.29. The molecule has 7 nitrogen and oxygen atoms in total. The van der Waals surface area contributed by atoms with E-state index in [1.807, 2.05) is 0 Å². The summed E-state index contributed by atoms with van der Waals surface area (Å²) in [6.45, 7) is 3.41. The number of non-ortho nitro benzene ring substituents is 1. The number of carbonyl (C=O) groups is 1. The van der Waals surface area contributed by atoms with Gasteiger partial charge in [0.05, 0.1) is 10.6 Å². The Morgan fingerprint density at radius 2 is 1.92 bits per heavy atom. The molecule has 2 N–H and O–H groups in total. The Labute approximate surface area is 149 Å². The third-order valence-electron chi connectivity index (χ3n) is 3.43. The Kier molecular flexibility index (Phi) is 6.08. The van der Waals surface area contributed by atoms with Crippen LogP contribution in [0.5, 0.6) is 0 Å². The van der Waals surface area contributed by atoms with Gasteiger partial charge in [0.25, 0.3) is 11.6 Å². The van der Waals surface area contributed by atoms with E-state index in [4.69, 9.17) is 11.6 Å². The molecule has 0 saturated heterocycles. The lowest BCUT2D eigenvalue weighted by atomic mass is 10.1. The van der Waals surface area contributed by atoms with Gasteiger partial charge in [-0.1, -0.05) is 17.7 Å². The van der Waals surface area contributed by atoms with Crippen LogP contribution in [-0.2, 0) is 4.79 Å². The summed E-state index contributed by atoms with van der Waals surface area (Å²) in [4.78, 5) is 22.3. The highest BCUT2D eigenvalue weighted by Gasteiger charge is 2.12. The predicted molar refractivity (Wildman–Crippen MR) is 98.0 cm³/mol. The Hall–Kier alpha value is -2.93. The van der Waals surface area contributed by atoms with E-state index in [2.05, 4.69) is 15.8 Å². The van der Waals surface area contributed by atoms with Gasteiger partial charge in [-0.2, -0.15) is 5.10 Å². The number of benzene rings is 2. The van der Waals surface area contributed by atoms with Crippen LogP contribution in [0.25, 0.3) is 0 Å². The summed E-state index contributed by atoms with van der Waals surface area (Å²) in [6.07, 6.45) is 0. The number of anilines is 1. The van der Waals surface area contributed by atoms with Crippen LogP contribution in [0.15, 0.2) is 53.6 Å². The first-order chi connectivity index (χ1) is 11.9. The zero-order valence-corrected chi connectivity index (χ0v) is 14.4. The van der Waals surface area contributed by atoms with Gasteiger partial charge >= 0.3 is 0 Å². The summed E-state index contributed by atoms with van der Waals surface area (Å²) in [6, 6.07) is 12.5. The predicted octanol–water partition coefficient (Wildman–Crippen LogP) is 3.59. The van der Waals surface area contributed by atoms with Crippen LogP contribution in [0.2, 0.25) is 5.02 Å². The van der Waals surface area contributed by atoms with E-state index in [1.165, 1.54) is 12.1 Å². The van der Waals surface area contributed by atoms with Gasteiger partial charge in [0, 0.05) is 22.8 Å². The van der Waals surface area contributed by atoms with Crippen molar-refractivity contribution >= 4 is 34.6 Å². The highest BCUT2D eigenvalue weighted by atomic mass is 35.5. The summed E-state index contributed by atoms with van der Waals surface area (Å²) >= 11 is 5.90. The third-order valence-corrected chi connectivity index (χ3v) is 3.67. The lowest BCUT2D eigenvalue weighted by Gasteiger charge is -2.14. The van der Waals surface area contributed by atoms with Crippen molar-refractivity contribution in [1.29, 1.82) is 0 Å². The Balaban J connectivity index is 1.97. The van der Waals surface area contributed by atoms with Crippen LogP contribution in [-0.4, -0.2) is 22.6 Å². The monoisotopic (exact) mass is 360 g/mol. The molecule has 0 aliphatic rings. The number of nitro benzene ring substituents is 1. The van der Waals surface area contributed by atoms with Crippen molar-refractivity contribution in [3.8, 4) is 0 Å². The minimum Gasteiger partial charge on any atom is -0.374 e. The summed E-state index contributed by atoms with van der Waals surface area (Å²) < 4.78 is 0. The molecule has 2 rings (SSSR count). The van der Waals surface area contributed by atoms with E-state index in [0.717, 1.165) is 5.69 Å². The molecule has 0 fully saturated rings. The van der Waals surface area contributed by atoms with Crippen molar-refractivity contribution in [2.75, 3.05) is 5.32 Å². The van der Waals surface area contributed by atoms with Gasteiger partial charge < -0.3 is 5.32 Å². The van der Waals surface area contributed by atoms with E-state index in [-0.39, 0.29) is 11.6 Å². The van der Waals surface area contributed by atoms with E-state index in [0.29, 0.717) is 16.3 Å². The first-order valence-electron chi connectivity index (χ1n) is 7.48. The second-order valence-electron chi connectivity index (χ2n) is 5.35. The number of nitrogens with one attached hydrogen (secondary N) is 2.